The summed E-state index contributed by atoms with van der Waals surface area (Å²) in [4.78, 5) is 11.5. The molecule has 4 nitrogen and oxygen atoms in total. The summed E-state index contributed by atoms with van der Waals surface area (Å²) >= 11 is 0. The fraction of sp³-hybridized carbons (Fsp3) is 0.533. The molecule has 1 aromatic carbocycles. The molecule has 1 fully saturated rings. The van der Waals surface area contributed by atoms with E-state index in [2.05, 4.69) is 10.6 Å². The van der Waals surface area contributed by atoms with Gasteiger partial charge in [0.15, 0.2) is 0 Å². The Morgan fingerprint density at radius 1 is 1.37 bits per heavy atom. The first kappa shape index (κ1) is 14.0. The monoisotopic (exact) mass is 262 g/mol. The number of aliphatic hydroxyl groups is 1. The van der Waals surface area contributed by atoms with E-state index in [-0.39, 0.29) is 5.91 Å². The molecule has 1 aromatic rings. The van der Waals surface area contributed by atoms with Crippen molar-refractivity contribution in [3.63, 3.8) is 0 Å². The highest BCUT2D eigenvalue weighted by molar-refractivity contribution is 5.76. The number of nitrogens with one attached hydrogen (secondary N) is 2. The van der Waals surface area contributed by atoms with Crippen molar-refractivity contribution >= 4 is 5.91 Å². The lowest BCUT2D eigenvalue weighted by molar-refractivity contribution is -0.121. The van der Waals surface area contributed by atoms with E-state index in [1.807, 2.05) is 30.3 Å². The van der Waals surface area contributed by atoms with Crippen LogP contribution in [0.2, 0.25) is 0 Å². The van der Waals surface area contributed by atoms with Crippen molar-refractivity contribution in [2.75, 3.05) is 13.1 Å². The number of hydrogen-bond donors (Lipinski definition) is 3. The molecule has 0 heterocycles. The summed E-state index contributed by atoms with van der Waals surface area (Å²) < 4.78 is 0. The first-order chi connectivity index (χ1) is 9.08. The van der Waals surface area contributed by atoms with Gasteiger partial charge in [-0.3, -0.25) is 4.79 Å². The van der Waals surface area contributed by atoms with Crippen LogP contribution in [0.15, 0.2) is 30.3 Å². The van der Waals surface area contributed by atoms with E-state index in [4.69, 9.17) is 0 Å². The smallest absolute Gasteiger partial charge is 0.221 e. The predicted octanol–water partition coefficient (Wildman–Crippen LogP) is 1.15. The zero-order chi connectivity index (χ0) is 13.7. The van der Waals surface area contributed by atoms with Gasteiger partial charge >= 0.3 is 0 Å². The molecule has 2 rings (SSSR count). The van der Waals surface area contributed by atoms with Gasteiger partial charge in [-0.2, -0.15) is 0 Å². The minimum atomic E-state index is -0.909. The minimum absolute atomic E-state index is 0.0920. The van der Waals surface area contributed by atoms with Gasteiger partial charge in [0.1, 0.15) is 0 Å². The molecule has 0 radical (unpaired) electrons. The second-order valence-electron chi connectivity index (χ2n) is 5.41. The molecule has 1 amide bonds. The molecule has 1 saturated carbocycles. The second kappa shape index (κ2) is 6.17. The van der Waals surface area contributed by atoms with Gasteiger partial charge in [-0.1, -0.05) is 30.3 Å². The maximum Gasteiger partial charge on any atom is 0.221 e. The van der Waals surface area contributed by atoms with Crippen molar-refractivity contribution < 1.29 is 9.90 Å². The standard InChI is InChI=1S/C15H22N2O2/c1-15(19,12-5-3-2-4-6-12)11-16-10-9-14(18)17-13-7-8-13/h2-6,13,16,19H,7-11H2,1H3,(H,17,18). The number of rotatable bonds is 7. The molecular weight excluding hydrogens is 240 g/mol. The van der Waals surface area contributed by atoms with Crippen molar-refractivity contribution in [2.45, 2.75) is 37.8 Å². The van der Waals surface area contributed by atoms with Crippen LogP contribution in [0.25, 0.3) is 0 Å². The van der Waals surface area contributed by atoms with Gasteiger partial charge in [0.05, 0.1) is 5.60 Å². The fourth-order valence-electron chi connectivity index (χ4n) is 1.96. The fourth-order valence-corrected chi connectivity index (χ4v) is 1.96. The molecule has 0 spiro atoms. The molecule has 1 aliphatic rings. The Bertz CT molecular complexity index is 413. The highest BCUT2D eigenvalue weighted by Gasteiger charge is 2.24. The van der Waals surface area contributed by atoms with E-state index in [9.17, 15) is 9.90 Å². The SMILES string of the molecule is CC(O)(CNCCC(=O)NC1CC1)c1ccccc1. The first-order valence-electron chi connectivity index (χ1n) is 6.86. The van der Waals surface area contributed by atoms with E-state index in [0.717, 1.165) is 18.4 Å². The normalized spacial score (nSPS) is 17.8. The van der Waals surface area contributed by atoms with E-state index in [1.54, 1.807) is 6.92 Å². The maximum absolute atomic E-state index is 11.5. The van der Waals surface area contributed by atoms with Crippen LogP contribution in [0, 0.1) is 0 Å². The van der Waals surface area contributed by atoms with Gasteiger partial charge in [-0.25, -0.2) is 0 Å². The summed E-state index contributed by atoms with van der Waals surface area (Å²) in [6.45, 7) is 2.80. The summed E-state index contributed by atoms with van der Waals surface area (Å²) in [6, 6.07) is 9.97. The van der Waals surface area contributed by atoms with E-state index >= 15 is 0 Å². The summed E-state index contributed by atoms with van der Waals surface area (Å²) in [5.74, 6) is 0.0920. The third kappa shape index (κ3) is 4.65. The molecule has 0 aromatic heterocycles. The average molecular weight is 262 g/mol. The van der Waals surface area contributed by atoms with E-state index in [1.165, 1.54) is 0 Å². The van der Waals surface area contributed by atoms with Crippen LogP contribution >= 0.6 is 0 Å². The van der Waals surface area contributed by atoms with Crippen LogP contribution in [-0.4, -0.2) is 30.1 Å². The summed E-state index contributed by atoms with van der Waals surface area (Å²) in [5, 5.41) is 16.4. The highest BCUT2D eigenvalue weighted by atomic mass is 16.3. The van der Waals surface area contributed by atoms with E-state index in [0.29, 0.717) is 25.6 Å². The summed E-state index contributed by atoms with van der Waals surface area (Å²) in [7, 11) is 0. The van der Waals surface area contributed by atoms with Crippen molar-refractivity contribution in [2.24, 2.45) is 0 Å². The molecular formula is C15H22N2O2. The molecule has 0 bridgehead atoms. The van der Waals surface area contributed by atoms with Crippen molar-refractivity contribution in [3.05, 3.63) is 35.9 Å². The van der Waals surface area contributed by atoms with Gasteiger partial charge in [0, 0.05) is 25.6 Å². The number of carbonyl (C=O) groups excluding carboxylic acids is 1. The molecule has 104 valence electrons. The van der Waals surface area contributed by atoms with Crippen LogP contribution in [0.1, 0.15) is 31.7 Å². The molecule has 19 heavy (non-hydrogen) atoms. The van der Waals surface area contributed by atoms with Gasteiger partial charge in [-0.15, -0.1) is 0 Å². The summed E-state index contributed by atoms with van der Waals surface area (Å²) in [5.41, 5.74) is -0.0289. The lowest BCUT2D eigenvalue weighted by Crippen LogP contribution is -2.37. The van der Waals surface area contributed by atoms with Gasteiger partial charge < -0.3 is 15.7 Å². The highest BCUT2D eigenvalue weighted by Crippen LogP contribution is 2.19. The summed E-state index contributed by atoms with van der Waals surface area (Å²) in [6.07, 6.45) is 2.69. The number of amides is 1. The molecule has 3 N–H and O–H groups in total. The lowest BCUT2D eigenvalue weighted by atomic mass is 9.96. The Morgan fingerprint density at radius 3 is 2.68 bits per heavy atom. The number of hydrogen-bond acceptors (Lipinski definition) is 3. The third-order valence-corrected chi connectivity index (χ3v) is 3.34. The average Bonchev–Trinajstić information content (AvgIpc) is 3.20. The van der Waals surface area contributed by atoms with Gasteiger partial charge in [-0.05, 0) is 25.3 Å². The lowest BCUT2D eigenvalue weighted by Gasteiger charge is -2.24. The van der Waals surface area contributed by atoms with E-state index < -0.39 is 5.60 Å². The molecule has 4 heteroatoms. The molecule has 1 atom stereocenters. The second-order valence-corrected chi connectivity index (χ2v) is 5.41. The van der Waals surface area contributed by atoms with Crippen LogP contribution in [0.4, 0.5) is 0 Å². The topological polar surface area (TPSA) is 61.4 Å². The Hall–Kier alpha value is -1.39. The van der Waals surface area contributed by atoms with Crippen LogP contribution < -0.4 is 10.6 Å². The Labute approximate surface area is 114 Å². The Balaban J connectivity index is 1.68. The van der Waals surface area contributed by atoms with Crippen LogP contribution in [0.5, 0.6) is 0 Å². The minimum Gasteiger partial charge on any atom is -0.384 e. The molecule has 0 aliphatic heterocycles. The molecule has 1 aliphatic carbocycles. The first-order valence-corrected chi connectivity index (χ1v) is 6.86. The Kier molecular flexibility index (Phi) is 4.56. The van der Waals surface area contributed by atoms with Crippen molar-refractivity contribution in [1.29, 1.82) is 0 Å². The maximum atomic E-state index is 11.5. The van der Waals surface area contributed by atoms with Crippen LogP contribution in [-0.2, 0) is 10.4 Å². The van der Waals surface area contributed by atoms with Crippen molar-refractivity contribution in [3.8, 4) is 0 Å². The zero-order valence-electron chi connectivity index (χ0n) is 11.4. The Morgan fingerprint density at radius 2 is 2.05 bits per heavy atom. The number of benzene rings is 1. The number of carbonyl (C=O) groups is 1. The van der Waals surface area contributed by atoms with Gasteiger partial charge in [0.2, 0.25) is 5.91 Å². The van der Waals surface area contributed by atoms with Crippen molar-refractivity contribution in [1.82, 2.24) is 10.6 Å². The zero-order valence-corrected chi connectivity index (χ0v) is 11.4. The predicted molar refractivity (Wildman–Crippen MR) is 74.7 cm³/mol. The molecule has 1 unspecified atom stereocenters. The third-order valence-electron chi connectivity index (χ3n) is 3.34. The quantitative estimate of drug-likeness (QED) is 0.646. The molecule has 0 saturated heterocycles. The van der Waals surface area contributed by atoms with Crippen LogP contribution in [0.3, 0.4) is 0 Å². The largest absolute Gasteiger partial charge is 0.384 e. The van der Waals surface area contributed by atoms with Gasteiger partial charge in [0.25, 0.3) is 0 Å².